The second kappa shape index (κ2) is 2.80. The summed E-state index contributed by atoms with van der Waals surface area (Å²) in [6.07, 6.45) is 7.52. The fourth-order valence-corrected chi connectivity index (χ4v) is 3.18. The maximum absolute atomic E-state index is 2.35. The highest BCUT2D eigenvalue weighted by Crippen LogP contribution is 2.61. The monoisotopic (exact) mass is 152 g/mol. The third-order valence-electron chi connectivity index (χ3n) is 3.92. The molecule has 64 valence electrons. The van der Waals surface area contributed by atoms with Crippen LogP contribution in [0, 0.1) is 23.7 Å². The molecule has 0 bridgehead atoms. The van der Waals surface area contributed by atoms with Gasteiger partial charge in [0.2, 0.25) is 0 Å². The summed E-state index contributed by atoms with van der Waals surface area (Å²) in [6, 6.07) is 0. The van der Waals surface area contributed by atoms with Gasteiger partial charge in [-0.25, -0.2) is 0 Å². The van der Waals surface area contributed by atoms with Crippen molar-refractivity contribution in [1.29, 1.82) is 0 Å². The first-order valence-corrected chi connectivity index (χ1v) is 5.36. The van der Waals surface area contributed by atoms with E-state index in [1.165, 1.54) is 37.0 Å². The molecular weight excluding hydrogens is 132 g/mol. The molecule has 0 heterocycles. The van der Waals surface area contributed by atoms with Crippen LogP contribution in [-0.2, 0) is 0 Å². The van der Waals surface area contributed by atoms with Gasteiger partial charge in [-0.3, -0.25) is 0 Å². The third kappa shape index (κ3) is 1.21. The Morgan fingerprint density at radius 1 is 1.09 bits per heavy atom. The summed E-state index contributed by atoms with van der Waals surface area (Å²) >= 11 is 0. The molecule has 0 aliphatic heterocycles. The van der Waals surface area contributed by atoms with Crippen molar-refractivity contribution in [3.8, 4) is 0 Å². The normalized spacial score (nSPS) is 47.5. The van der Waals surface area contributed by atoms with Crippen LogP contribution < -0.4 is 0 Å². The lowest BCUT2D eigenvalue weighted by atomic mass is 9.96. The van der Waals surface area contributed by atoms with Crippen LogP contribution in [-0.4, -0.2) is 0 Å². The molecule has 11 heavy (non-hydrogen) atoms. The highest BCUT2D eigenvalue weighted by molar-refractivity contribution is 5.03. The predicted octanol–water partition coefficient (Wildman–Crippen LogP) is 3.47. The molecule has 2 fully saturated rings. The van der Waals surface area contributed by atoms with Gasteiger partial charge in [0.1, 0.15) is 0 Å². The van der Waals surface area contributed by atoms with Crippen molar-refractivity contribution in [3.05, 3.63) is 0 Å². The minimum absolute atomic E-state index is 1.11. The lowest BCUT2D eigenvalue weighted by molar-refractivity contribution is 0.416. The Morgan fingerprint density at radius 3 is 2.18 bits per heavy atom. The Kier molecular flexibility index (Phi) is 1.95. The van der Waals surface area contributed by atoms with Gasteiger partial charge in [-0.05, 0) is 36.5 Å². The zero-order valence-corrected chi connectivity index (χ0v) is 7.84. The molecule has 0 spiro atoms. The largest absolute Gasteiger partial charge is 0.0654 e. The SMILES string of the molecule is CCCC1C2CC(CC)CC12. The van der Waals surface area contributed by atoms with Crippen molar-refractivity contribution in [2.24, 2.45) is 23.7 Å². The molecule has 0 aromatic heterocycles. The topological polar surface area (TPSA) is 0 Å². The highest BCUT2D eigenvalue weighted by atomic mass is 14.6. The molecule has 0 aromatic carbocycles. The van der Waals surface area contributed by atoms with Gasteiger partial charge in [0, 0.05) is 0 Å². The third-order valence-corrected chi connectivity index (χ3v) is 3.92. The van der Waals surface area contributed by atoms with Crippen LogP contribution in [0.4, 0.5) is 0 Å². The van der Waals surface area contributed by atoms with Gasteiger partial charge in [-0.2, -0.15) is 0 Å². The summed E-state index contributed by atoms with van der Waals surface area (Å²) in [5.74, 6) is 4.64. The van der Waals surface area contributed by atoms with Crippen molar-refractivity contribution in [2.45, 2.75) is 46.0 Å². The molecule has 2 saturated carbocycles. The first-order chi connectivity index (χ1) is 5.36. The van der Waals surface area contributed by atoms with Gasteiger partial charge < -0.3 is 0 Å². The molecule has 0 N–H and O–H groups in total. The number of rotatable bonds is 3. The molecule has 2 unspecified atom stereocenters. The average molecular weight is 152 g/mol. The quantitative estimate of drug-likeness (QED) is 0.581. The van der Waals surface area contributed by atoms with E-state index in [-0.39, 0.29) is 0 Å². The van der Waals surface area contributed by atoms with Crippen LogP contribution >= 0.6 is 0 Å². The van der Waals surface area contributed by atoms with Crippen LogP contribution in [0.3, 0.4) is 0 Å². The lowest BCUT2D eigenvalue weighted by Crippen LogP contribution is -1.98. The average Bonchev–Trinajstić information content (AvgIpc) is 2.48. The highest BCUT2D eigenvalue weighted by Gasteiger charge is 2.54. The summed E-state index contributed by atoms with van der Waals surface area (Å²) in [5.41, 5.74) is 0. The second-order valence-corrected chi connectivity index (χ2v) is 4.53. The Morgan fingerprint density at radius 2 is 1.73 bits per heavy atom. The maximum Gasteiger partial charge on any atom is -0.0349 e. The number of hydrogen-bond donors (Lipinski definition) is 0. The summed E-state index contributed by atoms with van der Waals surface area (Å²) in [5, 5.41) is 0. The van der Waals surface area contributed by atoms with Crippen LogP contribution in [0.1, 0.15) is 46.0 Å². The number of fused-ring (bicyclic) bond motifs is 1. The molecule has 2 atom stereocenters. The summed E-state index contributed by atoms with van der Waals surface area (Å²) in [7, 11) is 0. The van der Waals surface area contributed by atoms with Gasteiger partial charge in [-0.1, -0.05) is 33.1 Å². The molecule has 2 aliphatic carbocycles. The van der Waals surface area contributed by atoms with Gasteiger partial charge in [0.15, 0.2) is 0 Å². The Labute approximate surface area is 70.4 Å². The van der Waals surface area contributed by atoms with E-state index in [1.807, 2.05) is 0 Å². The van der Waals surface area contributed by atoms with E-state index in [4.69, 9.17) is 0 Å². The van der Waals surface area contributed by atoms with E-state index < -0.39 is 0 Å². The van der Waals surface area contributed by atoms with Crippen molar-refractivity contribution in [2.75, 3.05) is 0 Å². The van der Waals surface area contributed by atoms with E-state index in [9.17, 15) is 0 Å². The smallest absolute Gasteiger partial charge is 0.0349 e. The first-order valence-electron chi connectivity index (χ1n) is 5.36. The molecule has 0 heteroatoms. The van der Waals surface area contributed by atoms with E-state index in [1.54, 1.807) is 12.8 Å². The van der Waals surface area contributed by atoms with Crippen LogP contribution in [0.15, 0.2) is 0 Å². The van der Waals surface area contributed by atoms with E-state index in [0.29, 0.717) is 0 Å². The molecule has 0 saturated heterocycles. The first kappa shape index (κ1) is 7.64. The molecule has 0 amide bonds. The van der Waals surface area contributed by atoms with Crippen molar-refractivity contribution in [1.82, 2.24) is 0 Å². The summed E-state index contributed by atoms with van der Waals surface area (Å²) in [6.45, 7) is 4.68. The lowest BCUT2D eigenvalue weighted by Gasteiger charge is -2.10. The zero-order valence-electron chi connectivity index (χ0n) is 7.84. The maximum atomic E-state index is 2.35. The second-order valence-electron chi connectivity index (χ2n) is 4.53. The molecule has 2 rings (SSSR count). The molecule has 0 aromatic rings. The van der Waals surface area contributed by atoms with Gasteiger partial charge >= 0.3 is 0 Å². The van der Waals surface area contributed by atoms with Crippen molar-refractivity contribution in [3.63, 3.8) is 0 Å². The minimum atomic E-state index is 1.11. The fraction of sp³-hybridized carbons (Fsp3) is 1.00. The van der Waals surface area contributed by atoms with E-state index >= 15 is 0 Å². The van der Waals surface area contributed by atoms with Gasteiger partial charge in [0.25, 0.3) is 0 Å². The van der Waals surface area contributed by atoms with Crippen LogP contribution in [0.5, 0.6) is 0 Å². The summed E-state index contributed by atoms with van der Waals surface area (Å²) in [4.78, 5) is 0. The van der Waals surface area contributed by atoms with Crippen molar-refractivity contribution < 1.29 is 0 Å². The van der Waals surface area contributed by atoms with E-state index in [2.05, 4.69) is 13.8 Å². The standard InChI is InChI=1S/C11H20/c1-3-5-9-10-6-8(4-2)7-11(9)10/h8-11H,3-7H2,1-2H3. The molecular formula is C11H20. The van der Waals surface area contributed by atoms with E-state index in [0.717, 1.165) is 5.92 Å². The number of hydrogen-bond acceptors (Lipinski definition) is 0. The zero-order chi connectivity index (χ0) is 7.84. The van der Waals surface area contributed by atoms with Crippen LogP contribution in [0.2, 0.25) is 0 Å². The van der Waals surface area contributed by atoms with Gasteiger partial charge in [-0.15, -0.1) is 0 Å². The Balaban J connectivity index is 1.77. The fourth-order valence-electron chi connectivity index (χ4n) is 3.18. The molecule has 0 nitrogen and oxygen atoms in total. The molecule has 0 radical (unpaired) electrons. The Hall–Kier alpha value is 0. The summed E-state index contributed by atoms with van der Waals surface area (Å²) < 4.78 is 0. The Bertz CT molecular complexity index is 127. The molecule has 2 aliphatic rings. The van der Waals surface area contributed by atoms with Crippen LogP contribution in [0.25, 0.3) is 0 Å². The van der Waals surface area contributed by atoms with Crippen molar-refractivity contribution >= 4 is 0 Å². The van der Waals surface area contributed by atoms with Gasteiger partial charge in [0.05, 0.1) is 0 Å². The predicted molar refractivity (Wildman–Crippen MR) is 48.4 cm³/mol. The minimum Gasteiger partial charge on any atom is -0.0654 e.